The second kappa shape index (κ2) is 5.17. The minimum absolute atomic E-state index is 0.0226. The highest BCUT2D eigenvalue weighted by atomic mass is 16.5. The van der Waals surface area contributed by atoms with Crippen LogP contribution in [0, 0.1) is 6.92 Å². The quantitative estimate of drug-likeness (QED) is 0.908. The minimum Gasteiger partial charge on any atom is -0.377 e. The van der Waals surface area contributed by atoms with E-state index in [1.54, 1.807) is 6.20 Å². The van der Waals surface area contributed by atoms with Gasteiger partial charge in [0.1, 0.15) is 0 Å². The standard InChI is InChI=1S/C15H19N3O2/c1-11-12(5-6-16-11)15(19)18-8-9-20-10-14(18)13-4-3-7-17(13)2/h3-7,14,16H,8-10H2,1-2H3/t14-/m1/s1. The van der Waals surface area contributed by atoms with Gasteiger partial charge in [0.15, 0.2) is 0 Å². The van der Waals surface area contributed by atoms with Crippen molar-refractivity contribution in [2.75, 3.05) is 19.8 Å². The molecule has 3 heterocycles. The van der Waals surface area contributed by atoms with Crippen molar-refractivity contribution in [1.29, 1.82) is 0 Å². The Morgan fingerprint density at radius 1 is 1.45 bits per heavy atom. The summed E-state index contributed by atoms with van der Waals surface area (Å²) in [6.07, 6.45) is 3.80. The molecule has 106 valence electrons. The lowest BCUT2D eigenvalue weighted by Gasteiger charge is -2.36. The summed E-state index contributed by atoms with van der Waals surface area (Å²) in [5.41, 5.74) is 2.75. The predicted molar refractivity (Wildman–Crippen MR) is 75.5 cm³/mol. The Bertz CT molecular complexity index is 614. The van der Waals surface area contributed by atoms with Gasteiger partial charge in [0.2, 0.25) is 0 Å². The molecule has 20 heavy (non-hydrogen) atoms. The van der Waals surface area contributed by atoms with E-state index in [9.17, 15) is 4.79 Å². The number of rotatable bonds is 2. The number of nitrogens with zero attached hydrogens (tertiary/aromatic N) is 2. The molecule has 0 bridgehead atoms. The molecule has 2 aromatic rings. The number of hydrogen-bond acceptors (Lipinski definition) is 2. The first-order valence-corrected chi connectivity index (χ1v) is 6.82. The van der Waals surface area contributed by atoms with Crippen molar-refractivity contribution >= 4 is 5.91 Å². The van der Waals surface area contributed by atoms with E-state index in [0.717, 1.165) is 17.0 Å². The number of H-pyrrole nitrogens is 1. The molecule has 0 spiro atoms. The average molecular weight is 273 g/mol. The molecule has 5 heteroatoms. The van der Waals surface area contributed by atoms with Crippen LogP contribution in [0.25, 0.3) is 0 Å². The number of carbonyl (C=O) groups is 1. The molecule has 1 saturated heterocycles. The molecule has 1 aliphatic heterocycles. The molecule has 0 saturated carbocycles. The molecular formula is C15H19N3O2. The van der Waals surface area contributed by atoms with E-state index in [0.29, 0.717) is 19.8 Å². The van der Waals surface area contributed by atoms with Gasteiger partial charge >= 0.3 is 0 Å². The first kappa shape index (κ1) is 13.0. The second-order valence-electron chi connectivity index (χ2n) is 5.15. The van der Waals surface area contributed by atoms with Gasteiger partial charge in [0.25, 0.3) is 5.91 Å². The molecule has 1 N–H and O–H groups in total. The highest BCUT2D eigenvalue weighted by molar-refractivity contribution is 5.95. The summed E-state index contributed by atoms with van der Waals surface area (Å²) in [4.78, 5) is 17.7. The molecule has 0 aliphatic carbocycles. The maximum atomic E-state index is 12.7. The molecule has 1 fully saturated rings. The third-order valence-corrected chi connectivity index (χ3v) is 3.90. The fraction of sp³-hybridized carbons (Fsp3) is 0.400. The van der Waals surface area contributed by atoms with Crippen LogP contribution >= 0.6 is 0 Å². The van der Waals surface area contributed by atoms with Crippen molar-refractivity contribution in [3.63, 3.8) is 0 Å². The van der Waals surface area contributed by atoms with Gasteiger partial charge in [-0.1, -0.05) is 0 Å². The average Bonchev–Trinajstić information content (AvgIpc) is 3.06. The van der Waals surface area contributed by atoms with Crippen molar-refractivity contribution in [3.8, 4) is 0 Å². The first-order valence-electron chi connectivity index (χ1n) is 6.82. The zero-order valence-electron chi connectivity index (χ0n) is 11.8. The summed E-state index contributed by atoms with van der Waals surface area (Å²) in [7, 11) is 1.99. The smallest absolute Gasteiger partial charge is 0.256 e. The number of hydrogen-bond donors (Lipinski definition) is 1. The fourth-order valence-electron chi connectivity index (χ4n) is 2.75. The summed E-state index contributed by atoms with van der Waals surface area (Å²) >= 11 is 0. The van der Waals surface area contributed by atoms with Crippen molar-refractivity contribution in [2.45, 2.75) is 13.0 Å². The topological polar surface area (TPSA) is 50.3 Å². The van der Waals surface area contributed by atoms with Gasteiger partial charge in [-0.05, 0) is 25.1 Å². The van der Waals surface area contributed by atoms with E-state index >= 15 is 0 Å². The molecule has 1 atom stereocenters. The van der Waals surface area contributed by atoms with Crippen LogP contribution in [-0.4, -0.2) is 40.1 Å². The third kappa shape index (κ3) is 2.14. The van der Waals surface area contributed by atoms with Gasteiger partial charge in [-0.25, -0.2) is 0 Å². The van der Waals surface area contributed by atoms with Gasteiger partial charge in [-0.3, -0.25) is 4.79 Å². The Balaban J connectivity index is 1.92. The monoisotopic (exact) mass is 273 g/mol. The Kier molecular flexibility index (Phi) is 3.36. The van der Waals surface area contributed by atoms with Crippen LogP contribution in [0.15, 0.2) is 30.6 Å². The summed E-state index contributed by atoms with van der Waals surface area (Å²) in [5, 5.41) is 0. The van der Waals surface area contributed by atoms with Gasteiger partial charge in [-0.15, -0.1) is 0 Å². The summed E-state index contributed by atoms with van der Waals surface area (Å²) < 4.78 is 7.62. The molecular weight excluding hydrogens is 254 g/mol. The highest BCUT2D eigenvalue weighted by Gasteiger charge is 2.31. The summed E-state index contributed by atoms with van der Waals surface area (Å²) in [6.45, 7) is 3.69. The lowest BCUT2D eigenvalue weighted by Crippen LogP contribution is -2.44. The lowest BCUT2D eigenvalue weighted by molar-refractivity contribution is -0.00466. The lowest BCUT2D eigenvalue weighted by atomic mass is 10.1. The molecule has 3 rings (SSSR count). The Labute approximate surface area is 118 Å². The highest BCUT2D eigenvalue weighted by Crippen LogP contribution is 2.26. The molecule has 1 amide bonds. The Morgan fingerprint density at radius 2 is 2.30 bits per heavy atom. The second-order valence-corrected chi connectivity index (χ2v) is 5.15. The number of aryl methyl sites for hydroxylation is 2. The number of morpholine rings is 1. The first-order chi connectivity index (χ1) is 9.68. The molecule has 0 unspecified atom stereocenters. The SMILES string of the molecule is Cc1[nH]ccc1C(=O)N1CCOC[C@@H]1c1cccn1C. The van der Waals surface area contributed by atoms with Gasteiger partial charge in [0, 0.05) is 37.4 Å². The number of amides is 1. The van der Waals surface area contributed by atoms with Crippen LogP contribution in [0.5, 0.6) is 0 Å². The van der Waals surface area contributed by atoms with E-state index in [-0.39, 0.29) is 11.9 Å². The van der Waals surface area contributed by atoms with Crippen LogP contribution in [0.4, 0.5) is 0 Å². The number of aromatic amines is 1. The maximum Gasteiger partial charge on any atom is 0.256 e. The van der Waals surface area contributed by atoms with E-state index in [2.05, 4.69) is 4.98 Å². The normalized spacial score (nSPS) is 19.3. The summed E-state index contributed by atoms with van der Waals surface area (Å²) in [6, 6.07) is 5.86. The fourth-order valence-corrected chi connectivity index (χ4v) is 2.75. The van der Waals surface area contributed by atoms with Gasteiger partial charge < -0.3 is 19.2 Å². The zero-order chi connectivity index (χ0) is 14.1. The van der Waals surface area contributed by atoms with Crippen LogP contribution in [-0.2, 0) is 11.8 Å². The van der Waals surface area contributed by atoms with E-state index < -0.39 is 0 Å². The Hall–Kier alpha value is -2.01. The van der Waals surface area contributed by atoms with E-state index in [1.807, 2.05) is 47.8 Å². The summed E-state index contributed by atoms with van der Waals surface area (Å²) in [5.74, 6) is 0.0678. The van der Waals surface area contributed by atoms with Crippen LogP contribution in [0.1, 0.15) is 27.8 Å². The van der Waals surface area contributed by atoms with Crippen molar-refractivity contribution in [2.24, 2.45) is 7.05 Å². The van der Waals surface area contributed by atoms with Crippen LogP contribution in [0.3, 0.4) is 0 Å². The molecule has 0 radical (unpaired) electrons. The number of carbonyl (C=O) groups excluding carboxylic acids is 1. The van der Waals surface area contributed by atoms with Crippen molar-refractivity contribution in [3.05, 3.63) is 47.5 Å². The van der Waals surface area contributed by atoms with Gasteiger partial charge in [-0.2, -0.15) is 0 Å². The number of ether oxygens (including phenoxy) is 1. The predicted octanol–water partition coefficient (Wildman–Crippen LogP) is 1.88. The zero-order valence-corrected chi connectivity index (χ0v) is 11.8. The van der Waals surface area contributed by atoms with Crippen LogP contribution < -0.4 is 0 Å². The van der Waals surface area contributed by atoms with Crippen molar-refractivity contribution in [1.82, 2.24) is 14.5 Å². The molecule has 2 aromatic heterocycles. The maximum absolute atomic E-state index is 12.7. The number of nitrogens with one attached hydrogen (secondary N) is 1. The molecule has 1 aliphatic rings. The van der Waals surface area contributed by atoms with E-state index in [1.165, 1.54) is 0 Å². The van der Waals surface area contributed by atoms with Crippen LogP contribution in [0.2, 0.25) is 0 Å². The molecule has 5 nitrogen and oxygen atoms in total. The molecule has 0 aromatic carbocycles. The van der Waals surface area contributed by atoms with E-state index in [4.69, 9.17) is 4.74 Å². The van der Waals surface area contributed by atoms with Gasteiger partial charge in [0.05, 0.1) is 24.8 Å². The largest absolute Gasteiger partial charge is 0.377 e. The minimum atomic E-state index is -0.0226. The van der Waals surface area contributed by atoms with Crippen molar-refractivity contribution < 1.29 is 9.53 Å². The third-order valence-electron chi connectivity index (χ3n) is 3.90. The number of aromatic nitrogens is 2. The Morgan fingerprint density at radius 3 is 2.95 bits per heavy atom.